The third-order valence-electron chi connectivity index (χ3n) is 4.83. The fourth-order valence-electron chi connectivity index (χ4n) is 3.47. The van der Waals surface area contributed by atoms with Crippen molar-refractivity contribution in [2.75, 3.05) is 19.6 Å². The Morgan fingerprint density at radius 3 is 2.40 bits per heavy atom. The lowest BCUT2D eigenvalue weighted by molar-refractivity contribution is 0.0911. The second-order valence-corrected chi connectivity index (χ2v) is 6.96. The van der Waals surface area contributed by atoms with E-state index < -0.39 is 0 Å². The maximum absolute atomic E-state index is 12.5. The molecule has 0 atom stereocenters. The maximum atomic E-state index is 12.5. The summed E-state index contributed by atoms with van der Waals surface area (Å²) in [5.74, 6) is 0.0244. The Balaban J connectivity index is 1.45. The smallest absolute Gasteiger partial charge is 0.251 e. The highest BCUT2D eigenvalue weighted by Crippen LogP contribution is 2.13. The number of nitrogens with one attached hydrogen (secondary N) is 1. The predicted molar refractivity (Wildman–Crippen MR) is 101 cm³/mol. The Morgan fingerprint density at radius 2 is 1.76 bits per heavy atom. The van der Waals surface area contributed by atoms with E-state index in [1.807, 2.05) is 26.0 Å². The van der Waals surface area contributed by atoms with E-state index in [2.05, 4.69) is 45.5 Å². The number of likely N-dealkylation sites (tertiary alicyclic amines) is 1. The summed E-state index contributed by atoms with van der Waals surface area (Å²) >= 11 is 0. The number of aryl methyl sites for hydroxylation is 2. The number of carbonyl (C=O) groups is 1. The number of pyridine rings is 1. The van der Waals surface area contributed by atoms with Crippen LogP contribution in [0.2, 0.25) is 0 Å². The van der Waals surface area contributed by atoms with Crippen molar-refractivity contribution in [2.24, 2.45) is 0 Å². The van der Waals surface area contributed by atoms with E-state index >= 15 is 0 Å². The molecule has 2 aromatic rings. The van der Waals surface area contributed by atoms with Crippen LogP contribution in [-0.2, 0) is 6.42 Å². The summed E-state index contributed by atoms with van der Waals surface area (Å²) in [6.45, 7) is 7.04. The van der Waals surface area contributed by atoms with Gasteiger partial charge in [-0.25, -0.2) is 0 Å². The molecule has 0 spiro atoms. The number of aromatic nitrogens is 1. The van der Waals surface area contributed by atoms with E-state index in [0.717, 1.165) is 55.8 Å². The summed E-state index contributed by atoms with van der Waals surface area (Å²) in [4.78, 5) is 19.3. The summed E-state index contributed by atoms with van der Waals surface area (Å²) in [5.41, 5.74) is 3.89. The maximum Gasteiger partial charge on any atom is 0.251 e. The average Bonchev–Trinajstić information content (AvgIpc) is 2.61. The number of amides is 1. The number of nitrogens with zero attached hydrogens (tertiary/aromatic N) is 2. The first-order chi connectivity index (χ1) is 12.1. The molecule has 1 aromatic carbocycles. The zero-order chi connectivity index (χ0) is 17.6. The van der Waals surface area contributed by atoms with Crippen LogP contribution in [0.5, 0.6) is 0 Å². The van der Waals surface area contributed by atoms with Crippen LogP contribution in [0.1, 0.15) is 40.2 Å². The van der Waals surface area contributed by atoms with Crippen molar-refractivity contribution in [2.45, 2.75) is 39.2 Å². The second kappa shape index (κ2) is 8.26. The van der Waals surface area contributed by atoms with Gasteiger partial charge in [0.15, 0.2) is 0 Å². The largest absolute Gasteiger partial charge is 0.349 e. The molecule has 3 rings (SSSR count). The second-order valence-electron chi connectivity index (χ2n) is 6.96. The summed E-state index contributed by atoms with van der Waals surface area (Å²) in [5, 5.41) is 3.19. The van der Waals surface area contributed by atoms with E-state index in [0.29, 0.717) is 0 Å². The fraction of sp³-hybridized carbons (Fsp3) is 0.429. The molecular weight excluding hydrogens is 310 g/mol. The SMILES string of the molecule is Cc1cc(C(=O)NC2CCN(CCc3ccccc3)CC2)cc(C)n1. The Morgan fingerprint density at radius 1 is 1.12 bits per heavy atom. The van der Waals surface area contributed by atoms with Gasteiger partial charge in [-0.05, 0) is 50.8 Å². The highest BCUT2D eigenvalue weighted by Gasteiger charge is 2.21. The number of carbonyl (C=O) groups excluding carboxylic acids is 1. The molecular formula is C21H27N3O. The van der Waals surface area contributed by atoms with Gasteiger partial charge in [-0.2, -0.15) is 0 Å². The van der Waals surface area contributed by atoms with E-state index in [-0.39, 0.29) is 11.9 Å². The molecule has 1 saturated heterocycles. The molecule has 2 heterocycles. The van der Waals surface area contributed by atoms with Crippen LogP contribution < -0.4 is 5.32 Å². The molecule has 1 aliphatic rings. The van der Waals surface area contributed by atoms with Crippen LogP contribution in [0.25, 0.3) is 0 Å². The van der Waals surface area contributed by atoms with Crippen LogP contribution in [-0.4, -0.2) is 41.5 Å². The van der Waals surface area contributed by atoms with Crippen LogP contribution in [0.15, 0.2) is 42.5 Å². The lowest BCUT2D eigenvalue weighted by Crippen LogP contribution is -2.45. The van der Waals surface area contributed by atoms with Gasteiger partial charge in [-0.3, -0.25) is 9.78 Å². The lowest BCUT2D eigenvalue weighted by atomic mass is 10.0. The molecule has 4 nitrogen and oxygen atoms in total. The summed E-state index contributed by atoms with van der Waals surface area (Å²) < 4.78 is 0. The first-order valence-corrected chi connectivity index (χ1v) is 9.12. The molecule has 1 N–H and O–H groups in total. The average molecular weight is 337 g/mol. The van der Waals surface area contributed by atoms with Gasteiger partial charge in [-0.15, -0.1) is 0 Å². The minimum absolute atomic E-state index is 0.0244. The molecule has 1 aromatic heterocycles. The first-order valence-electron chi connectivity index (χ1n) is 9.12. The van der Waals surface area contributed by atoms with Gasteiger partial charge in [0.25, 0.3) is 5.91 Å². The van der Waals surface area contributed by atoms with Gasteiger partial charge in [0, 0.05) is 42.6 Å². The predicted octanol–water partition coefficient (Wildman–Crippen LogP) is 3.14. The van der Waals surface area contributed by atoms with Crippen LogP contribution >= 0.6 is 0 Å². The van der Waals surface area contributed by atoms with Crippen molar-refractivity contribution >= 4 is 5.91 Å². The summed E-state index contributed by atoms with van der Waals surface area (Å²) in [6.07, 6.45) is 3.13. The minimum atomic E-state index is 0.0244. The zero-order valence-corrected chi connectivity index (χ0v) is 15.2. The fourth-order valence-corrected chi connectivity index (χ4v) is 3.47. The van der Waals surface area contributed by atoms with E-state index in [1.54, 1.807) is 0 Å². The molecule has 1 fully saturated rings. The van der Waals surface area contributed by atoms with Gasteiger partial charge in [0.2, 0.25) is 0 Å². The topological polar surface area (TPSA) is 45.2 Å². The van der Waals surface area contributed by atoms with Crippen LogP contribution in [0.3, 0.4) is 0 Å². The molecule has 4 heteroatoms. The van der Waals surface area contributed by atoms with Crippen molar-refractivity contribution in [3.8, 4) is 0 Å². The Kier molecular flexibility index (Phi) is 5.82. The Hall–Kier alpha value is -2.20. The number of piperidine rings is 1. The Bertz CT molecular complexity index is 686. The van der Waals surface area contributed by atoms with E-state index in [4.69, 9.17) is 0 Å². The summed E-state index contributed by atoms with van der Waals surface area (Å²) in [6, 6.07) is 14.6. The van der Waals surface area contributed by atoms with Gasteiger partial charge in [0.1, 0.15) is 0 Å². The monoisotopic (exact) mass is 337 g/mol. The third-order valence-corrected chi connectivity index (χ3v) is 4.83. The van der Waals surface area contributed by atoms with E-state index in [1.165, 1.54) is 5.56 Å². The molecule has 1 aliphatic heterocycles. The van der Waals surface area contributed by atoms with Crippen LogP contribution in [0, 0.1) is 13.8 Å². The normalized spacial score (nSPS) is 15.9. The van der Waals surface area contributed by atoms with Crippen LogP contribution in [0.4, 0.5) is 0 Å². The number of hydrogen-bond acceptors (Lipinski definition) is 3. The van der Waals surface area contributed by atoms with Crippen molar-refractivity contribution in [1.82, 2.24) is 15.2 Å². The van der Waals surface area contributed by atoms with E-state index in [9.17, 15) is 4.79 Å². The number of rotatable bonds is 5. The number of benzene rings is 1. The molecule has 1 amide bonds. The molecule has 0 unspecified atom stereocenters. The summed E-state index contributed by atoms with van der Waals surface area (Å²) in [7, 11) is 0. The lowest BCUT2D eigenvalue weighted by Gasteiger charge is -2.32. The van der Waals surface area contributed by atoms with Crippen molar-refractivity contribution < 1.29 is 4.79 Å². The van der Waals surface area contributed by atoms with Gasteiger partial charge in [0.05, 0.1) is 0 Å². The van der Waals surface area contributed by atoms with Gasteiger partial charge >= 0.3 is 0 Å². The number of hydrogen-bond donors (Lipinski definition) is 1. The Labute approximate surface area is 150 Å². The van der Waals surface area contributed by atoms with Crippen molar-refractivity contribution in [3.63, 3.8) is 0 Å². The van der Waals surface area contributed by atoms with Gasteiger partial charge in [-0.1, -0.05) is 30.3 Å². The molecule has 0 saturated carbocycles. The highest BCUT2D eigenvalue weighted by atomic mass is 16.1. The first kappa shape index (κ1) is 17.6. The standard InChI is InChI=1S/C21H27N3O/c1-16-14-19(15-17(2)22-16)21(25)23-20-9-12-24(13-10-20)11-8-18-6-4-3-5-7-18/h3-7,14-15,20H,8-13H2,1-2H3,(H,23,25). The van der Waals surface area contributed by atoms with Gasteiger partial charge < -0.3 is 10.2 Å². The molecule has 0 bridgehead atoms. The molecule has 132 valence electrons. The van der Waals surface area contributed by atoms with Crippen molar-refractivity contribution in [1.29, 1.82) is 0 Å². The van der Waals surface area contributed by atoms with Crippen molar-refractivity contribution in [3.05, 3.63) is 65.0 Å². The zero-order valence-electron chi connectivity index (χ0n) is 15.2. The molecule has 25 heavy (non-hydrogen) atoms. The molecule has 0 aliphatic carbocycles. The highest BCUT2D eigenvalue weighted by molar-refractivity contribution is 5.94. The minimum Gasteiger partial charge on any atom is -0.349 e. The molecule has 0 radical (unpaired) electrons. The quantitative estimate of drug-likeness (QED) is 0.912. The third kappa shape index (κ3) is 5.13.